The van der Waals surface area contributed by atoms with Gasteiger partial charge < -0.3 is 10.1 Å². The maximum Gasteiger partial charge on any atom is 0.311 e. The summed E-state index contributed by atoms with van der Waals surface area (Å²) in [6.07, 6.45) is 0.953. The van der Waals surface area contributed by atoms with Gasteiger partial charge in [-0.25, -0.2) is 0 Å². The summed E-state index contributed by atoms with van der Waals surface area (Å²) in [4.78, 5) is 28.0. The molecule has 1 aliphatic heterocycles. The van der Waals surface area contributed by atoms with E-state index < -0.39 is 0 Å². The predicted octanol–water partition coefficient (Wildman–Crippen LogP) is 3.12. The first-order chi connectivity index (χ1) is 14.2. The van der Waals surface area contributed by atoms with E-state index in [1.165, 1.54) is 5.56 Å². The van der Waals surface area contributed by atoms with Crippen molar-refractivity contribution < 1.29 is 14.3 Å². The molecule has 5 heteroatoms. The lowest BCUT2D eigenvalue weighted by atomic mass is 9.93. The van der Waals surface area contributed by atoms with Crippen LogP contribution in [0, 0.1) is 17.8 Å². The Morgan fingerprint density at radius 1 is 1.00 bits per heavy atom. The Balaban J connectivity index is 1.52. The SMILES string of the molecule is CCOC(=O)[C@@H]1C2CC(CN(Cc3ccccc3)C2)[C@@H]1NC(=O)c1ccccc1. The molecule has 2 unspecified atom stereocenters. The summed E-state index contributed by atoms with van der Waals surface area (Å²) in [6.45, 7) is 4.79. The molecular weight excluding hydrogens is 364 g/mol. The zero-order valence-electron chi connectivity index (χ0n) is 16.8. The zero-order valence-corrected chi connectivity index (χ0v) is 16.8. The number of hydrogen-bond acceptors (Lipinski definition) is 4. The molecule has 29 heavy (non-hydrogen) atoms. The fraction of sp³-hybridized carbons (Fsp3) is 0.417. The van der Waals surface area contributed by atoms with Crippen LogP contribution in [0.3, 0.4) is 0 Å². The number of fused-ring (bicyclic) bond motifs is 2. The standard InChI is InChI=1S/C24H28N2O3/c1-2-29-24(28)21-19-13-20(16-26(15-19)14-17-9-5-3-6-10-17)22(21)25-23(27)18-11-7-4-8-12-18/h3-12,19-22H,2,13-16H2,1H3,(H,25,27)/t19?,20?,21-,22+/m1/s1. The first-order valence-corrected chi connectivity index (χ1v) is 10.4. The maximum absolute atomic E-state index is 12.8. The van der Waals surface area contributed by atoms with Gasteiger partial charge in [-0.15, -0.1) is 0 Å². The third kappa shape index (κ3) is 4.35. The number of ether oxygens (including phenoxy) is 1. The topological polar surface area (TPSA) is 58.6 Å². The maximum atomic E-state index is 12.8. The second-order valence-corrected chi connectivity index (χ2v) is 8.08. The van der Waals surface area contributed by atoms with E-state index in [9.17, 15) is 9.59 Å². The van der Waals surface area contributed by atoms with Crippen molar-refractivity contribution in [2.75, 3.05) is 19.7 Å². The fourth-order valence-electron chi connectivity index (χ4n) is 4.96. The van der Waals surface area contributed by atoms with Crippen LogP contribution in [-0.2, 0) is 16.1 Å². The van der Waals surface area contributed by atoms with E-state index in [0.29, 0.717) is 12.2 Å². The summed E-state index contributed by atoms with van der Waals surface area (Å²) in [5.41, 5.74) is 1.89. The van der Waals surface area contributed by atoms with Crippen LogP contribution < -0.4 is 5.32 Å². The molecule has 2 bridgehead atoms. The lowest BCUT2D eigenvalue weighted by Crippen LogP contribution is -2.46. The monoisotopic (exact) mass is 392 g/mol. The van der Waals surface area contributed by atoms with Gasteiger partial charge in [0, 0.05) is 31.2 Å². The molecule has 1 saturated heterocycles. The Morgan fingerprint density at radius 2 is 1.66 bits per heavy atom. The molecule has 4 atom stereocenters. The molecule has 2 aromatic carbocycles. The molecule has 1 saturated carbocycles. The number of rotatable bonds is 6. The molecule has 152 valence electrons. The normalized spacial score (nSPS) is 26.1. The van der Waals surface area contributed by atoms with Crippen LogP contribution in [0.15, 0.2) is 60.7 Å². The Labute approximate surface area is 172 Å². The van der Waals surface area contributed by atoms with Gasteiger partial charge in [0.05, 0.1) is 12.5 Å². The van der Waals surface area contributed by atoms with Crippen LogP contribution in [0.4, 0.5) is 0 Å². The van der Waals surface area contributed by atoms with Crippen molar-refractivity contribution in [3.05, 3.63) is 71.8 Å². The lowest BCUT2D eigenvalue weighted by Gasteiger charge is -2.32. The van der Waals surface area contributed by atoms with E-state index in [4.69, 9.17) is 4.74 Å². The minimum Gasteiger partial charge on any atom is -0.466 e. The molecule has 0 radical (unpaired) electrons. The quantitative estimate of drug-likeness (QED) is 0.768. The predicted molar refractivity (Wildman–Crippen MR) is 111 cm³/mol. The molecule has 1 aliphatic carbocycles. The van der Waals surface area contributed by atoms with E-state index >= 15 is 0 Å². The van der Waals surface area contributed by atoms with Crippen LogP contribution in [0.5, 0.6) is 0 Å². The number of carbonyl (C=O) groups excluding carboxylic acids is 2. The van der Waals surface area contributed by atoms with Crippen molar-refractivity contribution in [3.8, 4) is 0 Å². The number of nitrogens with one attached hydrogen (secondary N) is 1. The van der Waals surface area contributed by atoms with Gasteiger partial charge in [0.1, 0.15) is 0 Å². The van der Waals surface area contributed by atoms with Gasteiger partial charge in [-0.3, -0.25) is 14.5 Å². The molecule has 0 aromatic heterocycles. The second-order valence-electron chi connectivity index (χ2n) is 8.08. The highest BCUT2D eigenvalue weighted by atomic mass is 16.5. The number of piperidine rings is 1. The first kappa shape index (κ1) is 19.6. The van der Waals surface area contributed by atoms with Crippen molar-refractivity contribution in [2.45, 2.75) is 25.9 Å². The molecule has 4 rings (SSSR count). The van der Waals surface area contributed by atoms with Crippen LogP contribution in [0.2, 0.25) is 0 Å². The van der Waals surface area contributed by atoms with Gasteiger partial charge in [0.25, 0.3) is 5.91 Å². The van der Waals surface area contributed by atoms with Gasteiger partial charge in [0.15, 0.2) is 0 Å². The number of amides is 1. The van der Waals surface area contributed by atoms with Gasteiger partial charge in [-0.05, 0) is 42.9 Å². The highest BCUT2D eigenvalue weighted by Crippen LogP contribution is 2.42. The summed E-state index contributed by atoms with van der Waals surface area (Å²) >= 11 is 0. The van der Waals surface area contributed by atoms with Crippen molar-refractivity contribution in [1.82, 2.24) is 10.2 Å². The van der Waals surface area contributed by atoms with Crippen molar-refractivity contribution in [2.24, 2.45) is 17.8 Å². The number of nitrogens with zero attached hydrogens (tertiary/aromatic N) is 1. The van der Waals surface area contributed by atoms with Crippen LogP contribution in [0.25, 0.3) is 0 Å². The van der Waals surface area contributed by atoms with Crippen molar-refractivity contribution >= 4 is 11.9 Å². The molecule has 1 heterocycles. The molecule has 1 amide bonds. The summed E-state index contributed by atoms with van der Waals surface area (Å²) in [5.74, 6) is -0.127. The third-order valence-corrected chi connectivity index (χ3v) is 6.14. The Kier molecular flexibility index (Phi) is 5.95. The average molecular weight is 392 g/mol. The number of likely N-dealkylation sites (tertiary alicyclic amines) is 1. The number of benzene rings is 2. The first-order valence-electron chi connectivity index (χ1n) is 10.4. The van der Waals surface area contributed by atoms with E-state index in [2.05, 4.69) is 34.5 Å². The molecule has 2 fully saturated rings. The smallest absolute Gasteiger partial charge is 0.311 e. The molecule has 0 spiro atoms. The summed E-state index contributed by atoms with van der Waals surface area (Å²) in [7, 11) is 0. The van der Waals surface area contributed by atoms with E-state index in [1.807, 2.05) is 31.2 Å². The molecule has 2 aliphatic rings. The van der Waals surface area contributed by atoms with Crippen LogP contribution >= 0.6 is 0 Å². The Hall–Kier alpha value is -2.66. The summed E-state index contributed by atoms with van der Waals surface area (Å²) in [6, 6.07) is 19.4. The van der Waals surface area contributed by atoms with E-state index in [1.54, 1.807) is 12.1 Å². The molecule has 1 N–H and O–H groups in total. The van der Waals surface area contributed by atoms with Gasteiger partial charge >= 0.3 is 5.97 Å². The zero-order chi connectivity index (χ0) is 20.2. The third-order valence-electron chi connectivity index (χ3n) is 6.14. The van der Waals surface area contributed by atoms with E-state index in [-0.39, 0.29) is 35.7 Å². The highest BCUT2D eigenvalue weighted by Gasteiger charge is 2.51. The minimum atomic E-state index is -0.284. The largest absolute Gasteiger partial charge is 0.466 e. The highest BCUT2D eigenvalue weighted by molar-refractivity contribution is 5.94. The van der Waals surface area contributed by atoms with Gasteiger partial charge in [0.2, 0.25) is 0 Å². The van der Waals surface area contributed by atoms with E-state index in [0.717, 1.165) is 26.1 Å². The summed E-state index contributed by atoms with van der Waals surface area (Å²) in [5, 5.41) is 3.17. The molecule has 5 nitrogen and oxygen atoms in total. The summed E-state index contributed by atoms with van der Waals surface area (Å²) < 4.78 is 5.40. The molecule has 2 aromatic rings. The number of esters is 1. The van der Waals surface area contributed by atoms with Gasteiger partial charge in [-0.2, -0.15) is 0 Å². The lowest BCUT2D eigenvalue weighted by molar-refractivity contribution is -0.150. The number of carbonyl (C=O) groups is 2. The minimum absolute atomic E-state index is 0.118. The van der Waals surface area contributed by atoms with Crippen LogP contribution in [-0.4, -0.2) is 42.5 Å². The van der Waals surface area contributed by atoms with Gasteiger partial charge in [-0.1, -0.05) is 48.5 Å². The average Bonchev–Trinajstić information content (AvgIpc) is 2.99. The van der Waals surface area contributed by atoms with Crippen molar-refractivity contribution in [1.29, 1.82) is 0 Å². The number of hydrogen-bond donors (Lipinski definition) is 1. The van der Waals surface area contributed by atoms with Crippen LogP contribution in [0.1, 0.15) is 29.3 Å². The molecular formula is C24H28N2O3. The Morgan fingerprint density at radius 3 is 2.34 bits per heavy atom. The van der Waals surface area contributed by atoms with Crippen molar-refractivity contribution in [3.63, 3.8) is 0 Å². The second kappa shape index (κ2) is 8.78. The fourth-order valence-corrected chi connectivity index (χ4v) is 4.96. The Bertz CT molecular complexity index is 840.